The van der Waals surface area contributed by atoms with Crippen molar-refractivity contribution in [3.05, 3.63) is 65.2 Å². The van der Waals surface area contributed by atoms with Gasteiger partial charge in [0.05, 0.1) is 0 Å². The normalized spacial score (nSPS) is 15.4. The van der Waals surface area contributed by atoms with Gasteiger partial charge in [-0.05, 0) is 44.5 Å². The first-order valence-electron chi connectivity index (χ1n) is 10.5. The maximum atomic E-state index is 13.3. The number of piperazine rings is 1. The number of hydrogen-bond donors (Lipinski definition) is 1. The van der Waals surface area contributed by atoms with Crippen LogP contribution >= 0.6 is 11.6 Å². The van der Waals surface area contributed by atoms with Crippen molar-refractivity contribution in [3.8, 4) is 0 Å². The SMILES string of the molecule is CC(C)(C)OC(=O)NC(Cc1ccccc1)C(=O)N1CCN(c2cccc(Cl)c2)CC1. The maximum absolute atomic E-state index is 13.3. The lowest BCUT2D eigenvalue weighted by molar-refractivity contribution is -0.133. The molecule has 1 N–H and O–H groups in total. The Morgan fingerprint density at radius 2 is 1.71 bits per heavy atom. The molecule has 1 atom stereocenters. The molecule has 2 aromatic rings. The Kier molecular flexibility index (Phi) is 7.44. The molecule has 1 unspecified atom stereocenters. The topological polar surface area (TPSA) is 61.9 Å². The molecule has 1 heterocycles. The summed E-state index contributed by atoms with van der Waals surface area (Å²) in [5.74, 6) is -0.0968. The van der Waals surface area contributed by atoms with Crippen molar-refractivity contribution < 1.29 is 14.3 Å². The van der Waals surface area contributed by atoms with Gasteiger partial charge >= 0.3 is 6.09 Å². The van der Waals surface area contributed by atoms with Gasteiger partial charge in [0, 0.05) is 43.3 Å². The highest BCUT2D eigenvalue weighted by molar-refractivity contribution is 6.30. The zero-order chi connectivity index (χ0) is 22.4. The summed E-state index contributed by atoms with van der Waals surface area (Å²) in [7, 11) is 0. The molecule has 0 aromatic heterocycles. The second-order valence-corrected chi connectivity index (χ2v) is 9.12. The Bertz CT molecular complexity index is 890. The molecule has 31 heavy (non-hydrogen) atoms. The summed E-state index contributed by atoms with van der Waals surface area (Å²) >= 11 is 6.11. The Hall–Kier alpha value is -2.73. The van der Waals surface area contributed by atoms with Gasteiger partial charge in [0.25, 0.3) is 0 Å². The van der Waals surface area contributed by atoms with Crippen LogP contribution in [0.1, 0.15) is 26.3 Å². The second-order valence-electron chi connectivity index (χ2n) is 8.68. The van der Waals surface area contributed by atoms with Gasteiger partial charge in [-0.1, -0.05) is 48.0 Å². The molecule has 0 radical (unpaired) electrons. The summed E-state index contributed by atoms with van der Waals surface area (Å²) in [6.45, 7) is 7.97. The van der Waals surface area contributed by atoms with Crippen molar-refractivity contribution in [2.75, 3.05) is 31.1 Å². The first-order valence-corrected chi connectivity index (χ1v) is 10.9. The number of anilines is 1. The van der Waals surface area contributed by atoms with Crippen LogP contribution in [-0.2, 0) is 16.0 Å². The number of nitrogens with zero attached hydrogens (tertiary/aromatic N) is 2. The number of ether oxygens (including phenoxy) is 1. The molecule has 1 aliphatic rings. The molecular formula is C24H30ClN3O3. The van der Waals surface area contributed by atoms with Crippen molar-refractivity contribution in [2.45, 2.75) is 38.8 Å². The van der Waals surface area contributed by atoms with E-state index in [0.717, 1.165) is 11.3 Å². The number of rotatable bonds is 5. The molecule has 3 rings (SSSR count). The molecule has 1 saturated heterocycles. The van der Waals surface area contributed by atoms with Crippen LogP contribution in [-0.4, -0.2) is 54.7 Å². The number of amides is 2. The van der Waals surface area contributed by atoms with Crippen molar-refractivity contribution in [2.24, 2.45) is 0 Å². The van der Waals surface area contributed by atoms with E-state index in [1.54, 1.807) is 20.8 Å². The average Bonchev–Trinajstić information content (AvgIpc) is 2.72. The predicted octanol–water partition coefficient (Wildman–Crippen LogP) is 4.12. The van der Waals surface area contributed by atoms with Crippen LogP contribution in [0.2, 0.25) is 5.02 Å². The van der Waals surface area contributed by atoms with Crippen LogP contribution in [0.25, 0.3) is 0 Å². The molecule has 1 fully saturated rings. The van der Waals surface area contributed by atoms with E-state index in [2.05, 4.69) is 10.2 Å². The van der Waals surface area contributed by atoms with Gasteiger partial charge in [-0.3, -0.25) is 4.79 Å². The predicted molar refractivity (Wildman–Crippen MR) is 124 cm³/mol. The van der Waals surface area contributed by atoms with Crippen LogP contribution in [0.4, 0.5) is 10.5 Å². The Labute approximate surface area is 189 Å². The first kappa shape index (κ1) is 22.9. The highest BCUT2D eigenvalue weighted by atomic mass is 35.5. The number of halogens is 1. The third-order valence-corrected chi connectivity index (χ3v) is 5.27. The van der Waals surface area contributed by atoms with E-state index >= 15 is 0 Å². The molecule has 7 heteroatoms. The van der Waals surface area contributed by atoms with Crippen LogP contribution in [0.15, 0.2) is 54.6 Å². The summed E-state index contributed by atoms with van der Waals surface area (Å²) in [4.78, 5) is 29.7. The van der Waals surface area contributed by atoms with E-state index in [-0.39, 0.29) is 5.91 Å². The number of nitrogens with one attached hydrogen (secondary N) is 1. The van der Waals surface area contributed by atoms with Crippen molar-refractivity contribution in [1.29, 1.82) is 0 Å². The van der Waals surface area contributed by atoms with Crippen molar-refractivity contribution in [1.82, 2.24) is 10.2 Å². The minimum Gasteiger partial charge on any atom is -0.444 e. The van der Waals surface area contributed by atoms with Crippen molar-refractivity contribution >= 4 is 29.3 Å². The van der Waals surface area contributed by atoms with E-state index in [1.165, 1.54) is 0 Å². The third kappa shape index (κ3) is 6.89. The first-order chi connectivity index (χ1) is 14.7. The minimum absolute atomic E-state index is 0.0968. The molecule has 0 saturated carbocycles. The monoisotopic (exact) mass is 443 g/mol. The zero-order valence-electron chi connectivity index (χ0n) is 18.3. The Morgan fingerprint density at radius 3 is 2.32 bits per heavy atom. The third-order valence-electron chi connectivity index (χ3n) is 5.04. The highest BCUT2D eigenvalue weighted by Gasteiger charge is 2.30. The maximum Gasteiger partial charge on any atom is 0.408 e. The van der Waals surface area contributed by atoms with Crippen LogP contribution in [0.5, 0.6) is 0 Å². The van der Waals surface area contributed by atoms with Crippen LogP contribution < -0.4 is 10.2 Å². The fourth-order valence-corrected chi connectivity index (χ4v) is 3.76. The molecule has 166 valence electrons. The largest absolute Gasteiger partial charge is 0.444 e. The quantitative estimate of drug-likeness (QED) is 0.754. The average molecular weight is 444 g/mol. The smallest absolute Gasteiger partial charge is 0.408 e. The number of hydrogen-bond acceptors (Lipinski definition) is 4. The molecule has 0 bridgehead atoms. The summed E-state index contributed by atoms with van der Waals surface area (Å²) in [6, 6.07) is 16.7. The standard InChI is InChI=1S/C24H30ClN3O3/c1-24(2,3)31-23(30)26-21(16-18-8-5-4-6-9-18)22(29)28-14-12-27(13-15-28)20-11-7-10-19(25)17-20/h4-11,17,21H,12-16H2,1-3H3,(H,26,30). The fourth-order valence-electron chi connectivity index (χ4n) is 3.58. The Morgan fingerprint density at radius 1 is 1.03 bits per heavy atom. The van der Waals surface area contributed by atoms with Crippen LogP contribution in [0, 0.1) is 0 Å². The van der Waals surface area contributed by atoms with Gasteiger partial charge in [0.2, 0.25) is 5.91 Å². The van der Waals surface area contributed by atoms with E-state index in [9.17, 15) is 9.59 Å². The summed E-state index contributed by atoms with van der Waals surface area (Å²) in [6.07, 6.45) is -0.174. The molecule has 2 amide bonds. The van der Waals surface area contributed by atoms with Gasteiger partial charge in [-0.2, -0.15) is 0 Å². The molecular weight excluding hydrogens is 414 g/mol. The number of carbonyl (C=O) groups is 2. The summed E-state index contributed by atoms with van der Waals surface area (Å²) in [5, 5.41) is 3.48. The summed E-state index contributed by atoms with van der Waals surface area (Å²) < 4.78 is 5.39. The lowest BCUT2D eigenvalue weighted by Crippen LogP contribution is -2.56. The van der Waals surface area contributed by atoms with Crippen molar-refractivity contribution in [3.63, 3.8) is 0 Å². The molecule has 1 aliphatic heterocycles. The fraction of sp³-hybridized carbons (Fsp3) is 0.417. The molecule has 0 aliphatic carbocycles. The number of alkyl carbamates (subject to hydrolysis) is 1. The van der Waals surface area contributed by atoms with E-state index in [0.29, 0.717) is 37.6 Å². The van der Waals surface area contributed by atoms with Crippen LogP contribution in [0.3, 0.4) is 0 Å². The minimum atomic E-state index is -0.685. The molecule has 2 aromatic carbocycles. The lowest BCUT2D eigenvalue weighted by Gasteiger charge is -2.37. The number of carbonyl (C=O) groups excluding carboxylic acids is 2. The van der Waals surface area contributed by atoms with Gasteiger partial charge in [0.1, 0.15) is 11.6 Å². The molecule has 0 spiro atoms. The van der Waals surface area contributed by atoms with E-state index in [4.69, 9.17) is 16.3 Å². The van der Waals surface area contributed by atoms with Gasteiger partial charge in [-0.15, -0.1) is 0 Å². The molecule has 6 nitrogen and oxygen atoms in total. The summed E-state index contributed by atoms with van der Waals surface area (Å²) in [5.41, 5.74) is 1.40. The highest BCUT2D eigenvalue weighted by Crippen LogP contribution is 2.21. The van der Waals surface area contributed by atoms with E-state index < -0.39 is 17.7 Å². The Balaban J connectivity index is 1.66. The zero-order valence-corrected chi connectivity index (χ0v) is 19.1. The van der Waals surface area contributed by atoms with E-state index in [1.807, 2.05) is 59.5 Å². The lowest BCUT2D eigenvalue weighted by atomic mass is 10.0. The van der Waals surface area contributed by atoms with Gasteiger partial charge in [0.15, 0.2) is 0 Å². The van der Waals surface area contributed by atoms with Gasteiger partial charge < -0.3 is 19.9 Å². The second kappa shape index (κ2) is 10.1. The van der Waals surface area contributed by atoms with Gasteiger partial charge in [-0.25, -0.2) is 4.79 Å². The number of benzene rings is 2.